The Morgan fingerprint density at radius 3 is 2.70 bits per heavy atom. The van der Waals surface area contributed by atoms with Gasteiger partial charge < -0.3 is 9.30 Å². The Balaban J connectivity index is 1.98. The maximum absolute atomic E-state index is 12.7. The number of halogens is 2. The molecule has 0 saturated heterocycles. The van der Waals surface area contributed by atoms with Gasteiger partial charge in [0, 0.05) is 17.6 Å². The molecular formula is C22H23F2N3O3. The van der Waals surface area contributed by atoms with E-state index in [1.165, 1.54) is 13.0 Å². The van der Waals surface area contributed by atoms with Crippen molar-refractivity contribution < 1.29 is 18.3 Å². The third-order valence-corrected chi connectivity index (χ3v) is 5.48. The summed E-state index contributed by atoms with van der Waals surface area (Å²) in [5.74, 6) is -0.00848. The lowest BCUT2D eigenvalue weighted by Crippen LogP contribution is -2.35. The van der Waals surface area contributed by atoms with Gasteiger partial charge in [0.2, 0.25) is 0 Å². The molecule has 6 nitrogen and oxygen atoms in total. The summed E-state index contributed by atoms with van der Waals surface area (Å²) in [6, 6.07) is 6.55. The van der Waals surface area contributed by atoms with E-state index in [2.05, 4.69) is 25.9 Å². The molecule has 0 amide bonds. The van der Waals surface area contributed by atoms with Crippen molar-refractivity contribution in [3.8, 4) is 17.1 Å². The highest BCUT2D eigenvalue weighted by molar-refractivity contribution is 5.97. The van der Waals surface area contributed by atoms with Crippen LogP contribution in [-0.2, 0) is 6.54 Å². The second-order valence-electron chi connectivity index (χ2n) is 8.67. The molecule has 0 bridgehead atoms. The number of pyridine rings is 1. The van der Waals surface area contributed by atoms with Crippen LogP contribution in [0.15, 0.2) is 35.3 Å². The highest BCUT2D eigenvalue weighted by Gasteiger charge is 2.35. The van der Waals surface area contributed by atoms with E-state index in [4.69, 9.17) is 4.74 Å². The predicted octanol–water partition coefficient (Wildman–Crippen LogP) is 4.31. The number of ketones is 1. The Labute approximate surface area is 172 Å². The second kappa shape index (κ2) is 7.04. The first-order valence-electron chi connectivity index (χ1n) is 9.76. The minimum atomic E-state index is -2.59. The monoisotopic (exact) mass is 415 g/mol. The molecule has 0 spiro atoms. The van der Waals surface area contributed by atoms with Crippen LogP contribution in [0.5, 0.6) is 5.75 Å². The van der Waals surface area contributed by atoms with Crippen LogP contribution in [-0.4, -0.2) is 33.2 Å². The topological polar surface area (TPSA) is 66.1 Å². The molecule has 1 aliphatic rings. The number of hydrogen-bond donors (Lipinski definition) is 0. The van der Waals surface area contributed by atoms with Gasteiger partial charge in [-0.15, -0.1) is 0 Å². The molecule has 0 saturated carbocycles. The molecule has 0 N–H and O–H groups in total. The molecule has 1 unspecified atom stereocenters. The first-order chi connectivity index (χ1) is 14.1. The van der Waals surface area contributed by atoms with Crippen molar-refractivity contribution in [2.24, 2.45) is 5.41 Å². The van der Waals surface area contributed by atoms with Gasteiger partial charge in [0.05, 0.1) is 29.5 Å². The van der Waals surface area contributed by atoms with E-state index >= 15 is 0 Å². The van der Waals surface area contributed by atoms with Crippen molar-refractivity contribution in [3.05, 3.63) is 46.2 Å². The van der Waals surface area contributed by atoms with E-state index in [-0.39, 0.29) is 34.0 Å². The van der Waals surface area contributed by atoms with Gasteiger partial charge in [0.15, 0.2) is 11.2 Å². The lowest BCUT2D eigenvalue weighted by Gasteiger charge is -2.38. The third kappa shape index (κ3) is 3.30. The molecule has 4 rings (SSSR count). The largest absolute Gasteiger partial charge is 0.485 e. The molecular weight excluding hydrogens is 392 g/mol. The maximum Gasteiger partial charge on any atom is 0.272 e. The molecule has 3 aromatic rings. The van der Waals surface area contributed by atoms with Gasteiger partial charge >= 0.3 is 0 Å². The fraction of sp³-hybridized carbons (Fsp3) is 0.409. The van der Waals surface area contributed by atoms with Gasteiger partial charge in [-0.2, -0.15) is 5.10 Å². The molecule has 1 aromatic carbocycles. The van der Waals surface area contributed by atoms with E-state index < -0.39 is 13.0 Å². The summed E-state index contributed by atoms with van der Waals surface area (Å²) in [6.45, 7) is 7.42. The minimum Gasteiger partial charge on any atom is -0.485 e. The molecule has 30 heavy (non-hydrogen) atoms. The van der Waals surface area contributed by atoms with E-state index in [9.17, 15) is 18.4 Å². The molecule has 158 valence electrons. The first kappa shape index (κ1) is 20.3. The number of Topliss-reactive ketones (excluding diaryl/α,β-unsaturated/α-hetero) is 1. The van der Waals surface area contributed by atoms with Crippen LogP contribution in [0.4, 0.5) is 8.78 Å². The quantitative estimate of drug-likeness (QED) is 0.596. The van der Waals surface area contributed by atoms with Gasteiger partial charge in [0.1, 0.15) is 17.9 Å². The highest BCUT2D eigenvalue weighted by atomic mass is 19.3. The Morgan fingerprint density at radius 1 is 1.33 bits per heavy atom. The van der Waals surface area contributed by atoms with Gasteiger partial charge in [-0.05, 0) is 18.4 Å². The SMILES string of the molecule is CC(=O)c1cn2c(cc1=O)-c1c3cccc(OCC(F)F)c3nn1CC2C(C)(C)C. The van der Waals surface area contributed by atoms with Crippen LogP contribution in [0.1, 0.15) is 44.1 Å². The number of fused-ring (bicyclic) bond motifs is 5. The lowest BCUT2D eigenvalue weighted by molar-refractivity contribution is 0.0825. The van der Waals surface area contributed by atoms with E-state index in [1.54, 1.807) is 23.0 Å². The summed E-state index contributed by atoms with van der Waals surface area (Å²) < 4.78 is 34.4. The fourth-order valence-electron chi connectivity index (χ4n) is 4.00. The van der Waals surface area contributed by atoms with Crippen molar-refractivity contribution in [1.29, 1.82) is 0 Å². The molecule has 2 aromatic heterocycles. The number of rotatable bonds is 4. The van der Waals surface area contributed by atoms with E-state index in [0.717, 1.165) is 0 Å². The minimum absolute atomic E-state index is 0.0709. The van der Waals surface area contributed by atoms with Crippen molar-refractivity contribution in [1.82, 2.24) is 14.3 Å². The zero-order chi connectivity index (χ0) is 21.8. The second-order valence-corrected chi connectivity index (χ2v) is 8.67. The molecule has 1 aliphatic heterocycles. The summed E-state index contributed by atoms with van der Waals surface area (Å²) in [7, 11) is 0. The Morgan fingerprint density at radius 2 is 2.07 bits per heavy atom. The van der Waals surface area contributed by atoms with Crippen LogP contribution in [0.2, 0.25) is 0 Å². The normalized spacial score (nSPS) is 15.9. The van der Waals surface area contributed by atoms with E-state index in [0.29, 0.717) is 28.8 Å². The smallest absolute Gasteiger partial charge is 0.272 e. The number of ether oxygens (including phenoxy) is 1. The standard InChI is InChI=1S/C22H23F2N3O3/c1-12(28)14-9-26-15(8-16(14)29)21-13-6-5-7-17(30-11-19(23)24)20(13)25-27(21)10-18(26)22(2,3)4/h5-9,18-19H,10-11H2,1-4H3. The summed E-state index contributed by atoms with van der Waals surface area (Å²) in [5.41, 5.74) is 1.42. The average molecular weight is 415 g/mol. The van der Waals surface area contributed by atoms with Crippen molar-refractivity contribution in [2.75, 3.05) is 6.61 Å². The first-order valence-corrected chi connectivity index (χ1v) is 9.76. The summed E-state index contributed by atoms with van der Waals surface area (Å²) in [5, 5.41) is 5.35. The van der Waals surface area contributed by atoms with Crippen LogP contribution in [0, 0.1) is 5.41 Å². The maximum atomic E-state index is 12.7. The number of benzene rings is 1. The van der Waals surface area contributed by atoms with Crippen LogP contribution in [0.3, 0.4) is 0 Å². The highest BCUT2D eigenvalue weighted by Crippen LogP contribution is 2.43. The van der Waals surface area contributed by atoms with Gasteiger partial charge in [-0.25, -0.2) is 8.78 Å². The number of nitrogens with zero attached hydrogens (tertiary/aromatic N) is 3. The van der Waals surface area contributed by atoms with Crippen molar-refractivity contribution in [2.45, 2.75) is 46.7 Å². The number of carbonyl (C=O) groups excluding carboxylic acids is 1. The van der Waals surface area contributed by atoms with Gasteiger partial charge in [-0.3, -0.25) is 14.3 Å². The lowest BCUT2D eigenvalue weighted by atomic mass is 9.84. The van der Waals surface area contributed by atoms with Crippen molar-refractivity contribution >= 4 is 16.7 Å². The number of carbonyl (C=O) groups is 1. The summed E-state index contributed by atoms with van der Waals surface area (Å²) in [4.78, 5) is 24.6. The van der Waals surface area contributed by atoms with Gasteiger partial charge in [0.25, 0.3) is 6.43 Å². The Bertz CT molecular complexity index is 1200. The van der Waals surface area contributed by atoms with Crippen LogP contribution in [0.25, 0.3) is 22.3 Å². The molecule has 8 heteroatoms. The summed E-state index contributed by atoms with van der Waals surface area (Å²) >= 11 is 0. The molecule has 0 aliphatic carbocycles. The molecule has 3 heterocycles. The van der Waals surface area contributed by atoms with Crippen LogP contribution >= 0.6 is 0 Å². The number of hydrogen-bond acceptors (Lipinski definition) is 4. The van der Waals surface area contributed by atoms with Crippen molar-refractivity contribution in [3.63, 3.8) is 0 Å². The molecule has 0 radical (unpaired) electrons. The molecule has 1 atom stereocenters. The predicted molar refractivity (Wildman–Crippen MR) is 109 cm³/mol. The van der Waals surface area contributed by atoms with Crippen LogP contribution < -0.4 is 10.2 Å². The van der Waals surface area contributed by atoms with Gasteiger partial charge in [-0.1, -0.05) is 32.9 Å². The van der Waals surface area contributed by atoms with E-state index in [1.807, 2.05) is 10.6 Å². The average Bonchev–Trinajstić information content (AvgIpc) is 3.03. The molecule has 0 fully saturated rings. The number of alkyl halides is 2. The Hall–Kier alpha value is -3.03. The fourth-order valence-corrected chi connectivity index (χ4v) is 4.00. The number of aromatic nitrogens is 3. The third-order valence-electron chi connectivity index (χ3n) is 5.48. The zero-order valence-corrected chi connectivity index (χ0v) is 17.3. The zero-order valence-electron chi connectivity index (χ0n) is 17.3. The summed E-state index contributed by atoms with van der Waals surface area (Å²) in [6.07, 6.45) is -0.956. The Kier molecular flexibility index (Phi) is 4.75.